The third-order valence-corrected chi connectivity index (χ3v) is 5.07. The largest absolute Gasteiger partial charge is 0.497 e. The first-order valence-corrected chi connectivity index (χ1v) is 8.81. The van der Waals surface area contributed by atoms with E-state index in [4.69, 9.17) is 14.2 Å². The van der Waals surface area contributed by atoms with Crippen LogP contribution in [0.1, 0.15) is 28.8 Å². The van der Waals surface area contributed by atoms with Gasteiger partial charge in [0.25, 0.3) is 5.91 Å². The quantitative estimate of drug-likeness (QED) is 0.865. The Bertz CT molecular complexity index is 736. The number of benzene rings is 2. The van der Waals surface area contributed by atoms with Gasteiger partial charge in [-0.05, 0) is 48.7 Å². The van der Waals surface area contributed by atoms with E-state index in [1.54, 1.807) is 26.4 Å². The van der Waals surface area contributed by atoms with E-state index in [1.165, 1.54) is 5.56 Å². The number of hydrogen-bond donors (Lipinski definition) is 1. The average Bonchev–Trinajstić information content (AvgIpc) is 2.72. The molecule has 1 saturated heterocycles. The standard InChI is InChI=1S/C21H25NO4/c1-24-18-8-6-17(7-9-18)21(10-12-26-13-11-21)15-22-20(23)16-4-3-5-19(14-16)25-2/h3-9,14H,10-13,15H2,1-2H3,(H,22,23). The second kappa shape index (κ2) is 8.23. The van der Waals surface area contributed by atoms with Gasteiger partial charge < -0.3 is 19.5 Å². The van der Waals surface area contributed by atoms with Gasteiger partial charge in [0.05, 0.1) is 14.2 Å². The average molecular weight is 355 g/mol. The number of nitrogens with one attached hydrogen (secondary N) is 1. The third kappa shape index (κ3) is 3.99. The molecule has 1 amide bonds. The smallest absolute Gasteiger partial charge is 0.251 e. The number of rotatable bonds is 6. The summed E-state index contributed by atoms with van der Waals surface area (Å²) < 4.78 is 16.0. The fourth-order valence-corrected chi connectivity index (χ4v) is 3.39. The van der Waals surface area contributed by atoms with E-state index >= 15 is 0 Å². The Morgan fingerprint density at radius 1 is 1.04 bits per heavy atom. The Labute approximate surface area is 154 Å². The lowest BCUT2D eigenvalue weighted by Gasteiger charge is -2.38. The van der Waals surface area contributed by atoms with Crippen molar-refractivity contribution in [2.45, 2.75) is 18.3 Å². The molecule has 5 heteroatoms. The summed E-state index contributed by atoms with van der Waals surface area (Å²) >= 11 is 0. The van der Waals surface area contributed by atoms with Gasteiger partial charge in [0, 0.05) is 30.7 Å². The van der Waals surface area contributed by atoms with Gasteiger partial charge in [-0.3, -0.25) is 4.79 Å². The summed E-state index contributed by atoms with van der Waals surface area (Å²) in [4.78, 5) is 12.6. The predicted octanol–water partition coefficient (Wildman–Crippen LogP) is 3.18. The van der Waals surface area contributed by atoms with Crippen molar-refractivity contribution in [3.8, 4) is 11.5 Å². The maximum absolute atomic E-state index is 12.6. The molecule has 1 N–H and O–H groups in total. The van der Waals surface area contributed by atoms with E-state index in [0.717, 1.165) is 18.6 Å². The number of carbonyl (C=O) groups excluding carboxylic acids is 1. The van der Waals surface area contributed by atoms with Crippen LogP contribution < -0.4 is 14.8 Å². The molecule has 1 heterocycles. The first-order valence-electron chi connectivity index (χ1n) is 8.81. The van der Waals surface area contributed by atoms with Crippen molar-refractivity contribution in [1.82, 2.24) is 5.32 Å². The molecule has 138 valence electrons. The molecule has 0 spiro atoms. The van der Waals surface area contributed by atoms with Gasteiger partial charge in [0.15, 0.2) is 0 Å². The monoisotopic (exact) mass is 355 g/mol. The highest BCUT2D eigenvalue weighted by Gasteiger charge is 2.35. The molecule has 2 aromatic rings. The van der Waals surface area contributed by atoms with Crippen LogP contribution in [0.15, 0.2) is 48.5 Å². The molecule has 0 saturated carbocycles. The molecule has 26 heavy (non-hydrogen) atoms. The minimum Gasteiger partial charge on any atom is -0.497 e. The molecule has 0 radical (unpaired) electrons. The normalized spacial score (nSPS) is 15.9. The van der Waals surface area contributed by atoms with Gasteiger partial charge in [-0.25, -0.2) is 0 Å². The highest BCUT2D eigenvalue weighted by molar-refractivity contribution is 5.94. The summed E-state index contributed by atoms with van der Waals surface area (Å²) in [6.45, 7) is 1.96. The van der Waals surface area contributed by atoms with E-state index in [2.05, 4.69) is 17.4 Å². The molecule has 0 atom stereocenters. The Morgan fingerprint density at radius 2 is 1.73 bits per heavy atom. The summed E-state index contributed by atoms with van der Waals surface area (Å²) in [5.74, 6) is 1.41. The van der Waals surface area contributed by atoms with Crippen LogP contribution in [0.25, 0.3) is 0 Å². The molecule has 0 unspecified atom stereocenters. The Kier molecular flexibility index (Phi) is 5.78. The number of carbonyl (C=O) groups is 1. The molecular weight excluding hydrogens is 330 g/mol. The molecule has 0 aliphatic carbocycles. The van der Waals surface area contributed by atoms with Gasteiger partial charge in [-0.1, -0.05) is 18.2 Å². The summed E-state index contributed by atoms with van der Waals surface area (Å²) in [6, 6.07) is 15.3. The zero-order valence-corrected chi connectivity index (χ0v) is 15.3. The Hall–Kier alpha value is -2.53. The lowest BCUT2D eigenvalue weighted by molar-refractivity contribution is 0.0487. The van der Waals surface area contributed by atoms with E-state index in [9.17, 15) is 4.79 Å². The maximum Gasteiger partial charge on any atom is 0.251 e. The van der Waals surface area contributed by atoms with Crippen molar-refractivity contribution in [2.75, 3.05) is 34.0 Å². The number of amides is 1. The minimum atomic E-state index is -0.126. The topological polar surface area (TPSA) is 56.8 Å². The third-order valence-electron chi connectivity index (χ3n) is 5.07. The van der Waals surface area contributed by atoms with Crippen LogP contribution >= 0.6 is 0 Å². The van der Waals surface area contributed by atoms with Crippen LogP contribution in [-0.2, 0) is 10.2 Å². The molecule has 2 aromatic carbocycles. The summed E-state index contributed by atoms with van der Waals surface area (Å²) in [6.07, 6.45) is 1.75. The molecular formula is C21H25NO4. The molecule has 1 aliphatic rings. The molecule has 0 aromatic heterocycles. The molecule has 1 fully saturated rings. The SMILES string of the molecule is COc1ccc(C2(CNC(=O)c3cccc(OC)c3)CCOCC2)cc1. The summed E-state index contributed by atoms with van der Waals surface area (Å²) in [5.41, 5.74) is 1.67. The Morgan fingerprint density at radius 3 is 2.38 bits per heavy atom. The fourth-order valence-electron chi connectivity index (χ4n) is 3.39. The van der Waals surface area contributed by atoms with Crippen LogP contribution in [0.4, 0.5) is 0 Å². The van der Waals surface area contributed by atoms with Crippen molar-refractivity contribution >= 4 is 5.91 Å². The molecule has 1 aliphatic heterocycles. The first-order chi connectivity index (χ1) is 12.7. The first kappa shape index (κ1) is 18.3. The summed E-state index contributed by atoms with van der Waals surface area (Å²) in [7, 11) is 3.26. The minimum absolute atomic E-state index is 0.0942. The van der Waals surface area contributed by atoms with E-state index < -0.39 is 0 Å². The van der Waals surface area contributed by atoms with E-state index in [1.807, 2.05) is 24.3 Å². The van der Waals surface area contributed by atoms with E-state index in [0.29, 0.717) is 31.1 Å². The van der Waals surface area contributed by atoms with Crippen LogP contribution in [-0.4, -0.2) is 39.9 Å². The van der Waals surface area contributed by atoms with E-state index in [-0.39, 0.29) is 11.3 Å². The number of methoxy groups -OCH3 is 2. The van der Waals surface area contributed by atoms with Crippen LogP contribution in [0.5, 0.6) is 11.5 Å². The van der Waals surface area contributed by atoms with Gasteiger partial charge in [0.2, 0.25) is 0 Å². The maximum atomic E-state index is 12.6. The van der Waals surface area contributed by atoms with Crippen molar-refractivity contribution in [2.24, 2.45) is 0 Å². The van der Waals surface area contributed by atoms with Crippen LogP contribution in [0.3, 0.4) is 0 Å². The van der Waals surface area contributed by atoms with Gasteiger partial charge >= 0.3 is 0 Å². The lowest BCUT2D eigenvalue weighted by Crippen LogP contribution is -2.44. The number of hydrogen-bond acceptors (Lipinski definition) is 4. The van der Waals surface area contributed by atoms with Crippen molar-refractivity contribution in [3.63, 3.8) is 0 Å². The zero-order chi connectivity index (χ0) is 18.4. The zero-order valence-electron chi connectivity index (χ0n) is 15.3. The highest BCUT2D eigenvalue weighted by atomic mass is 16.5. The van der Waals surface area contributed by atoms with Crippen molar-refractivity contribution < 1.29 is 19.0 Å². The van der Waals surface area contributed by atoms with Gasteiger partial charge in [-0.2, -0.15) is 0 Å². The fraction of sp³-hybridized carbons (Fsp3) is 0.381. The molecule has 0 bridgehead atoms. The number of ether oxygens (including phenoxy) is 3. The lowest BCUT2D eigenvalue weighted by atomic mass is 9.74. The summed E-state index contributed by atoms with van der Waals surface area (Å²) in [5, 5.41) is 3.11. The molecule has 3 rings (SSSR count). The second-order valence-electron chi connectivity index (χ2n) is 6.54. The molecule has 5 nitrogen and oxygen atoms in total. The highest BCUT2D eigenvalue weighted by Crippen LogP contribution is 2.35. The van der Waals surface area contributed by atoms with Crippen LogP contribution in [0, 0.1) is 0 Å². The van der Waals surface area contributed by atoms with Gasteiger partial charge in [0.1, 0.15) is 11.5 Å². The van der Waals surface area contributed by atoms with Gasteiger partial charge in [-0.15, -0.1) is 0 Å². The Balaban J connectivity index is 1.76. The van der Waals surface area contributed by atoms with Crippen molar-refractivity contribution in [1.29, 1.82) is 0 Å². The predicted molar refractivity (Wildman–Crippen MR) is 100 cm³/mol. The van der Waals surface area contributed by atoms with Crippen molar-refractivity contribution in [3.05, 3.63) is 59.7 Å². The van der Waals surface area contributed by atoms with Crippen LogP contribution in [0.2, 0.25) is 0 Å². The second-order valence-corrected chi connectivity index (χ2v) is 6.54.